The van der Waals surface area contributed by atoms with Crippen LogP contribution in [0.2, 0.25) is 0 Å². The van der Waals surface area contributed by atoms with Crippen LogP contribution in [0.15, 0.2) is 47.5 Å². The Balaban J connectivity index is 1.96. The normalized spacial score (nSPS) is 16.4. The molecule has 0 N–H and O–H groups in total. The number of carboxylic acid groups (broad SMARTS) is 1. The molecule has 0 saturated carbocycles. The summed E-state index contributed by atoms with van der Waals surface area (Å²) in [4.78, 5) is 25.4. The lowest BCUT2D eigenvalue weighted by Gasteiger charge is -2.15. The third-order valence-electron chi connectivity index (χ3n) is 3.40. The summed E-state index contributed by atoms with van der Waals surface area (Å²) >= 11 is 6.46. The molecule has 1 aromatic heterocycles. The van der Waals surface area contributed by atoms with E-state index in [1.165, 1.54) is 28.8 Å². The molecule has 5 nitrogen and oxygen atoms in total. The molecular weight excluding hydrogens is 332 g/mol. The summed E-state index contributed by atoms with van der Waals surface area (Å²) in [6.07, 6.45) is 3.65. The van der Waals surface area contributed by atoms with Crippen LogP contribution >= 0.6 is 24.0 Å². The monoisotopic (exact) mass is 343 g/mol. The van der Waals surface area contributed by atoms with E-state index >= 15 is 0 Å². The number of nitrogens with zero attached hydrogens (tertiary/aromatic N) is 2. The van der Waals surface area contributed by atoms with Gasteiger partial charge in [-0.15, -0.1) is 0 Å². The van der Waals surface area contributed by atoms with Gasteiger partial charge in [0.2, 0.25) is 0 Å². The maximum absolute atomic E-state index is 12.6. The number of thioether (sulfide) groups is 1. The zero-order valence-electron chi connectivity index (χ0n) is 12.1. The SMILES string of the molecule is Cn1cccc1/C=C1\SC(=S)N(c2cccc(C(=O)[O-])c2)C1=O. The summed E-state index contributed by atoms with van der Waals surface area (Å²) in [6, 6.07) is 9.77. The van der Waals surface area contributed by atoms with Crippen LogP contribution in [0.3, 0.4) is 0 Å². The van der Waals surface area contributed by atoms with Crippen LogP contribution in [-0.2, 0) is 11.8 Å². The van der Waals surface area contributed by atoms with Crippen LogP contribution in [0.25, 0.3) is 6.08 Å². The molecule has 0 spiro atoms. The molecule has 1 aromatic carbocycles. The van der Waals surface area contributed by atoms with Crippen LogP contribution < -0.4 is 10.0 Å². The number of aromatic nitrogens is 1. The third-order valence-corrected chi connectivity index (χ3v) is 4.70. The maximum atomic E-state index is 12.6. The van der Waals surface area contributed by atoms with Crippen LogP contribution in [0, 0.1) is 0 Å². The summed E-state index contributed by atoms with van der Waals surface area (Å²) in [5, 5.41) is 11.0. The lowest BCUT2D eigenvalue weighted by Crippen LogP contribution is -2.28. The molecule has 2 heterocycles. The summed E-state index contributed by atoms with van der Waals surface area (Å²) in [5.41, 5.74) is 1.31. The topological polar surface area (TPSA) is 65.4 Å². The number of aryl methyl sites for hydroxylation is 1. The number of hydrogen-bond acceptors (Lipinski definition) is 5. The molecule has 1 amide bonds. The van der Waals surface area contributed by atoms with Crippen molar-refractivity contribution in [1.29, 1.82) is 0 Å². The van der Waals surface area contributed by atoms with Gasteiger partial charge in [0.05, 0.1) is 16.6 Å². The van der Waals surface area contributed by atoms with Crippen LogP contribution in [0.5, 0.6) is 0 Å². The Labute approximate surface area is 142 Å². The number of anilines is 1. The number of amides is 1. The first-order valence-corrected chi connectivity index (χ1v) is 7.90. The van der Waals surface area contributed by atoms with E-state index in [-0.39, 0.29) is 11.5 Å². The number of thiocarbonyl (C=S) groups is 1. The molecule has 116 valence electrons. The van der Waals surface area contributed by atoms with Crippen LogP contribution in [0.4, 0.5) is 5.69 Å². The van der Waals surface area contributed by atoms with Crippen molar-refractivity contribution < 1.29 is 14.7 Å². The Bertz CT molecular complexity index is 855. The molecular formula is C16H11N2O3S2-. The zero-order chi connectivity index (χ0) is 16.6. The minimum absolute atomic E-state index is 0.00274. The number of benzene rings is 1. The predicted molar refractivity (Wildman–Crippen MR) is 91.8 cm³/mol. The molecule has 7 heteroatoms. The zero-order valence-corrected chi connectivity index (χ0v) is 13.7. The first kappa shape index (κ1) is 15.5. The van der Waals surface area contributed by atoms with Gasteiger partial charge in [0, 0.05) is 18.9 Å². The fourth-order valence-corrected chi connectivity index (χ4v) is 3.50. The van der Waals surface area contributed by atoms with E-state index in [0.29, 0.717) is 14.9 Å². The smallest absolute Gasteiger partial charge is 0.270 e. The Morgan fingerprint density at radius 3 is 2.74 bits per heavy atom. The highest BCUT2D eigenvalue weighted by molar-refractivity contribution is 8.27. The maximum Gasteiger partial charge on any atom is 0.270 e. The quantitative estimate of drug-likeness (QED) is 0.628. The third kappa shape index (κ3) is 2.93. The van der Waals surface area contributed by atoms with Crippen molar-refractivity contribution in [1.82, 2.24) is 4.57 Å². The van der Waals surface area contributed by atoms with Crippen molar-refractivity contribution in [3.63, 3.8) is 0 Å². The van der Waals surface area contributed by atoms with Crippen LogP contribution in [0.1, 0.15) is 16.1 Å². The molecule has 0 bridgehead atoms. The van der Waals surface area contributed by atoms with Crippen molar-refractivity contribution in [3.8, 4) is 0 Å². The van der Waals surface area contributed by atoms with Crippen molar-refractivity contribution in [2.45, 2.75) is 0 Å². The number of hydrogen-bond donors (Lipinski definition) is 0. The first-order chi connectivity index (χ1) is 11.0. The average Bonchev–Trinajstić information content (AvgIpc) is 3.03. The van der Waals surface area contributed by atoms with Gasteiger partial charge in [-0.05, 0) is 35.9 Å². The van der Waals surface area contributed by atoms with Gasteiger partial charge in [0.25, 0.3) is 5.91 Å². The molecule has 1 saturated heterocycles. The Hall–Kier alpha value is -2.38. The first-order valence-electron chi connectivity index (χ1n) is 6.68. The fourth-order valence-electron chi connectivity index (χ4n) is 2.22. The van der Waals surface area contributed by atoms with Crippen molar-refractivity contribution in [2.75, 3.05) is 4.90 Å². The van der Waals surface area contributed by atoms with E-state index in [2.05, 4.69) is 0 Å². The van der Waals surface area contributed by atoms with Gasteiger partial charge in [-0.2, -0.15) is 0 Å². The van der Waals surface area contributed by atoms with E-state index in [0.717, 1.165) is 5.69 Å². The lowest BCUT2D eigenvalue weighted by atomic mass is 10.2. The summed E-state index contributed by atoms with van der Waals surface area (Å²) in [7, 11) is 1.88. The second-order valence-corrected chi connectivity index (χ2v) is 6.57. The van der Waals surface area contributed by atoms with Gasteiger partial charge in [-0.1, -0.05) is 36.1 Å². The second-order valence-electron chi connectivity index (χ2n) is 4.90. The molecule has 0 radical (unpaired) electrons. The number of carbonyl (C=O) groups excluding carboxylic acids is 2. The molecule has 2 aromatic rings. The highest BCUT2D eigenvalue weighted by Gasteiger charge is 2.33. The summed E-state index contributed by atoms with van der Waals surface area (Å²) in [5.74, 6) is -1.56. The van der Waals surface area contributed by atoms with E-state index < -0.39 is 5.97 Å². The second kappa shape index (κ2) is 6.02. The molecule has 1 aliphatic heterocycles. The summed E-state index contributed by atoms with van der Waals surface area (Å²) in [6.45, 7) is 0. The predicted octanol–water partition coefficient (Wildman–Crippen LogP) is 1.79. The highest BCUT2D eigenvalue weighted by Crippen LogP contribution is 2.36. The van der Waals surface area contributed by atoms with Gasteiger partial charge in [-0.25, -0.2) is 0 Å². The van der Waals surface area contributed by atoms with Crippen molar-refractivity contribution in [2.24, 2.45) is 7.05 Å². The lowest BCUT2D eigenvalue weighted by molar-refractivity contribution is -0.255. The van der Waals surface area contributed by atoms with Crippen LogP contribution in [-0.4, -0.2) is 20.8 Å². The van der Waals surface area contributed by atoms with Gasteiger partial charge >= 0.3 is 0 Å². The number of carboxylic acids is 1. The van der Waals surface area contributed by atoms with E-state index in [9.17, 15) is 14.7 Å². The Kier molecular flexibility index (Phi) is 4.06. The minimum atomic E-state index is -1.29. The molecule has 1 aliphatic rings. The fraction of sp³-hybridized carbons (Fsp3) is 0.0625. The molecule has 3 rings (SSSR count). The standard InChI is InChI=1S/C16H12N2O3S2/c1-17-7-3-6-11(17)9-13-14(19)18(16(22)23-13)12-5-2-4-10(8-12)15(20)21/h2-9H,1H3,(H,20,21)/p-1/b13-9-. The Morgan fingerprint density at radius 1 is 1.30 bits per heavy atom. The number of carbonyl (C=O) groups is 2. The number of aromatic carboxylic acids is 1. The minimum Gasteiger partial charge on any atom is -0.545 e. The molecule has 1 fully saturated rings. The van der Waals surface area contributed by atoms with E-state index in [1.807, 2.05) is 29.9 Å². The van der Waals surface area contributed by atoms with Crippen molar-refractivity contribution in [3.05, 3.63) is 58.8 Å². The van der Waals surface area contributed by atoms with Gasteiger partial charge < -0.3 is 14.5 Å². The van der Waals surface area contributed by atoms with Gasteiger partial charge in [0.1, 0.15) is 0 Å². The van der Waals surface area contributed by atoms with Crippen molar-refractivity contribution >= 4 is 51.9 Å². The largest absolute Gasteiger partial charge is 0.545 e. The molecule has 0 atom stereocenters. The van der Waals surface area contributed by atoms with E-state index in [1.54, 1.807) is 18.2 Å². The van der Waals surface area contributed by atoms with E-state index in [4.69, 9.17) is 12.2 Å². The molecule has 0 unspecified atom stereocenters. The molecule has 0 aliphatic carbocycles. The van der Waals surface area contributed by atoms with Gasteiger partial charge in [-0.3, -0.25) is 9.69 Å². The summed E-state index contributed by atoms with van der Waals surface area (Å²) < 4.78 is 2.26. The molecule has 23 heavy (non-hydrogen) atoms. The number of rotatable bonds is 3. The Morgan fingerprint density at radius 2 is 2.09 bits per heavy atom. The van der Waals surface area contributed by atoms with Gasteiger partial charge in [0.15, 0.2) is 4.32 Å². The highest BCUT2D eigenvalue weighted by atomic mass is 32.2. The average molecular weight is 343 g/mol.